The molecule has 25 heavy (non-hydrogen) atoms. The van der Waals surface area contributed by atoms with Gasteiger partial charge in [0.15, 0.2) is 5.82 Å². The zero-order valence-electron chi connectivity index (χ0n) is 13.0. The van der Waals surface area contributed by atoms with Crippen molar-refractivity contribution >= 4 is 39.7 Å². The zero-order chi connectivity index (χ0) is 17.9. The first-order valence-corrected chi connectivity index (χ1v) is 8.93. The van der Waals surface area contributed by atoms with Gasteiger partial charge in [0, 0.05) is 18.1 Å². The fraction of sp³-hybridized carbons (Fsp3) is 0.0714. The molecule has 128 valence electrons. The van der Waals surface area contributed by atoms with Crippen LogP contribution in [0.25, 0.3) is 0 Å². The maximum atomic E-state index is 12.3. The maximum Gasteiger partial charge on any atom is 0.264 e. The first kappa shape index (κ1) is 16.9. The first-order chi connectivity index (χ1) is 11.9. The number of H-pyrrole nitrogens is 1. The lowest BCUT2D eigenvalue weighted by Crippen LogP contribution is -2.14. The molecule has 0 aliphatic carbocycles. The molecule has 3 aromatic rings. The second kappa shape index (κ2) is 6.91. The standard InChI is InChI=1S/C14H13N7O2S2/c1-9-12(18-14(24)20-19-9)17-10-3-5-11(6-4-10)25(22,23)21-13-15-7-2-8-16-13/h2-8H,1H3,(H,15,16,21)(H2,17,18,20,24). The number of hydrogen-bond acceptors (Lipinski definition) is 8. The number of nitrogens with one attached hydrogen (secondary N) is 3. The van der Waals surface area contributed by atoms with Crippen LogP contribution in [-0.4, -0.2) is 33.6 Å². The molecule has 0 atom stereocenters. The molecule has 0 saturated carbocycles. The van der Waals surface area contributed by atoms with Crippen LogP contribution in [0.3, 0.4) is 0 Å². The highest BCUT2D eigenvalue weighted by atomic mass is 32.2. The van der Waals surface area contributed by atoms with E-state index >= 15 is 0 Å². The second-order valence-corrected chi connectivity index (χ2v) is 6.97. The van der Waals surface area contributed by atoms with Crippen molar-refractivity contribution in [1.29, 1.82) is 0 Å². The summed E-state index contributed by atoms with van der Waals surface area (Å²) in [5.41, 5.74) is 1.28. The molecule has 2 aromatic heterocycles. The van der Waals surface area contributed by atoms with Crippen molar-refractivity contribution in [3.05, 3.63) is 53.2 Å². The Balaban J connectivity index is 1.80. The molecule has 9 nitrogen and oxygen atoms in total. The fourth-order valence-corrected chi connectivity index (χ4v) is 2.99. The molecule has 0 saturated heterocycles. The van der Waals surface area contributed by atoms with Crippen molar-refractivity contribution in [3.63, 3.8) is 0 Å². The molecule has 0 aliphatic rings. The molecule has 3 rings (SSSR count). The van der Waals surface area contributed by atoms with E-state index in [1.54, 1.807) is 25.1 Å². The highest BCUT2D eigenvalue weighted by molar-refractivity contribution is 7.92. The Labute approximate surface area is 148 Å². The van der Waals surface area contributed by atoms with E-state index in [2.05, 4.69) is 35.2 Å². The van der Waals surface area contributed by atoms with Crippen LogP contribution < -0.4 is 10.0 Å². The average Bonchev–Trinajstić information content (AvgIpc) is 2.59. The topological polar surface area (TPSA) is 126 Å². The van der Waals surface area contributed by atoms with Gasteiger partial charge in [-0.2, -0.15) is 10.1 Å². The van der Waals surface area contributed by atoms with Gasteiger partial charge >= 0.3 is 0 Å². The Morgan fingerprint density at radius 2 is 1.80 bits per heavy atom. The second-order valence-electron chi connectivity index (χ2n) is 4.90. The number of anilines is 3. The van der Waals surface area contributed by atoms with Gasteiger partial charge in [-0.15, -0.1) is 0 Å². The summed E-state index contributed by atoms with van der Waals surface area (Å²) in [7, 11) is -3.77. The van der Waals surface area contributed by atoms with Crippen molar-refractivity contribution in [2.75, 3.05) is 10.0 Å². The summed E-state index contributed by atoms with van der Waals surface area (Å²) in [5, 5.41) is 9.64. The quantitative estimate of drug-likeness (QED) is 0.579. The smallest absolute Gasteiger partial charge is 0.264 e. The monoisotopic (exact) mass is 375 g/mol. The number of sulfonamides is 1. The van der Waals surface area contributed by atoms with E-state index in [1.165, 1.54) is 24.5 Å². The number of benzene rings is 1. The predicted octanol–water partition coefficient (Wildman–Crippen LogP) is 2.18. The van der Waals surface area contributed by atoms with E-state index in [4.69, 9.17) is 12.2 Å². The van der Waals surface area contributed by atoms with E-state index in [0.29, 0.717) is 17.2 Å². The molecule has 1 aromatic carbocycles. The van der Waals surface area contributed by atoms with Gasteiger partial charge in [-0.05, 0) is 49.5 Å². The lowest BCUT2D eigenvalue weighted by atomic mass is 10.3. The van der Waals surface area contributed by atoms with Gasteiger partial charge in [-0.25, -0.2) is 23.1 Å². The van der Waals surface area contributed by atoms with Gasteiger partial charge in [0.05, 0.1) is 4.90 Å². The molecular formula is C14H13N7O2S2. The van der Waals surface area contributed by atoms with Crippen LogP contribution in [0.1, 0.15) is 5.69 Å². The minimum atomic E-state index is -3.77. The van der Waals surface area contributed by atoms with Crippen LogP contribution in [0.5, 0.6) is 0 Å². The predicted molar refractivity (Wildman–Crippen MR) is 94.5 cm³/mol. The highest BCUT2D eigenvalue weighted by Gasteiger charge is 2.15. The summed E-state index contributed by atoms with van der Waals surface area (Å²) in [6.07, 6.45) is 2.90. The molecule has 0 radical (unpaired) electrons. The normalized spacial score (nSPS) is 11.1. The van der Waals surface area contributed by atoms with Gasteiger partial charge < -0.3 is 5.32 Å². The first-order valence-electron chi connectivity index (χ1n) is 7.04. The number of aromatic amines is 1. The van der Waals surface area contributed by atoms with E-state index in [0.717, 1.165) is 0 Å². The average molecular weight is 375 g/mol. The maximum absolute atomic E-state index is 12.3. The number of nitrogens with zero attached hydrogens (tertiary/aromatic N) is 4. The Bertz CT molecular complexity index is 1030. The number of aromatic nitrogens is 5. The summed E-state index contributed by atoms with van der Waals surface area (Å²) >= 11 is 4.94. The minimum Gasteiger partial charge on any atom is -0.339 e. The molecule has 3 N–H and O–H groups in total. The Kier molecular flexibility index (Phi) is 4.67. The van der Waals surface area contributed by atoms with Crippen molar-refractivity contribution in [2.45, 2.75) is 11.8 Å². The van der Waals surface area contributed by atoms with Crippen molar-refractivity contribution < 1.29 is 8.42 Å². The van der Waals surface area contributed by atoms with E-state index in [1.807, 2.05) is 0 Å². The van der Waals surface area contributed by atoms with Crippen LogP contribution in [0.2, 0.25) is 0 Å². The largest absolute Gasteiger partial charge is 0.339 e. The van der Waals surface area contributed by atoms with Crippen molar-refractivity contribution in [2.24, 2.45) is 0 Å². The molecule has 2 heterocycles. The molecule has 0 fully saturated rings. The lowest BCUT2D eigenvalue weighted by molar-refractivity contribution is 0.601. The summed E-state index contributed by atoms with van der Waals surface area (Å²) in [6, 6.07) is 7.74. The van der Waals surface area contributed by atoms with E-state index in [-0.39, 0.29) is 15.6 Å². The van der Waals surface area contributed by atoms with Gasteiger partial charge in [0.25, 0.3) is 10.0 Å². The Hall–Kier alpha value is -2.92. The summed E-state index contributed by atoms with van der Waals surface area (Å²) in [6.45, 7) is 1.77. The number of rotatable bonds is 5. The van der Waals surface area contributed by atoms with Gasteiger partial charge in [0.1, 0.15) is 5.69 Å². The van der Waals surface area contributed by atoms with Crippen molar-refractivity contribution in [3.8, 4) is 0 Å². The van der Waals surface area contributed by atoms with Crippen LogP contribution >= 0.6 is 12.2 Å². The van der Waals surface area contributed by atoms with Crippen molar-refractivity contribution in [1.82, 2.24) is 25.1 Å². The van der Waals surface area contributed by atoms with Crippen LogP contribution in [0.4, 0.5) is 17.5 Å². The highest BCUT2D eigenvalue weighted by Crippen LogP contribution is 2.19. The summed E-state index contributed by atoms with van der Waals surface area (Å²) in [5.74, 6) is 0.504. The number of aryl methyl sites for hydroxylation is 1. The van der Waals surface area contributed by atoms with Gasteiger partial charge in [0.2, 0.25) is 10.7 Å². The van der Waals surface area contributed by atoms with Crippen LogP contribution in [0.15, 0.2) is 47.6 Å². The minimum absolute atomic E-state index is 0.00844. The summed E-state index contributed by atoms with van der Waals surface area (Å²) < 4.78 is 27.2. The Morgan fingerprint density at radius 1 is 1.12 bits per heavy atom. The molecule has 0 aliphatic heterocycles. The molecule has 0 spiro atoms. The molecular weight excluding hydrogens is 362 g/mol. The van der Waals surface area contributed by atoms with Gasteiger partial charge in [-0.3, -0.25) is 5.10 Å². The van der Waals surface area contributed by atoms with Crippen LogP contribution in [0, 0.1) is 11.7 Å². The van der Waals surface area contributed by atoms with E-state index in [9.17, 15) is 8.42 Å². The molecule has 0 unspecified atom stereocenters. The summed E-state index contributed by atoms with van der Waals surface area (Å²) in [4.78, 5) is 11.9. The van der Waals surface area contributed by atoms with Gasteiger partial charge in [-0.1, -0.05) is 0 Å². The van der Waals surface area contributed by atoms with Crippen LogP contribution in [-0.2, 0) is 10.0 Å². The fourth-order valence-electron chi connectivity index (χ4n) is 1.90. The van der Waals surface area contributed by atoms with E-state index < -0.39 is 10.0 Å². The third-order valence-corrected chi connectivity index (χ3v) is 4.62. The lowest BCUT2D eigenvalue weighted by Gasteiger charge is -2.09. The molecule has 0 amide bonds. The molecule has 0 bridgehead atoms. The third-order valence-electron chi connectivity index (χ3n) is 3.09. The zero-order valence-corrected chi connectivity index (χ0v) is 14.6. The molecule has 11 heteroatoms. The Morgan fingerprint density at radius 3 is 2.48 bits per heavy atom. The third kappa shape index (κ3) is 4.14. The number of hydrogen-bond donors (Lipinski definition) is 3. The SMILES string of the molecule is Cc1n[nH]c(=S)nc1Nc1ccc(S(=O)(=O)Nc2ncccn2)cc1.